The number of benzene rings is 2. The van der Waals surface area contributed by atoms with Crippen LogP contribution in [0.4, 0.5) is 5.82 Å². The molecule has 0 aliphatic carbocycles. The number of pyridine rings is 1. The summed E-state index contributed by atoms with van der Waals surface area (Å²) in [5.41, 5.74) is 1.10. The van der Waals surface area contributed by atoms with E-state index in [1.54, 1.807) is 30.5 Å². The van der Waals surface area contributed by atoms with E-state index >= 15 is 0 Å². The molecule has 4 rings (SSSR count). The molecule has 0 amide bonds. The van der Waals surface area contributed by atoms with Crippen LogP contribution in [0.25, 0.3) is 0 Å². The van der Waals surface area contributed by atoms with E-state index in [1.165, 1.54) is 0 Å². The highest BCUT2D eigenvalue weighted by atomic mass is 32.2. The van der Waals surface area contributed by atoms with Gasteiger partial charge in [0.25, 0.3) is 0 Å². The van der Waals surface area contributed by atoms with Gasteiger partial charge in [0.15, 0.2) is 0 Å². The molecular weight excluding hydrogens is 386 g/mol. The topological polar surface area (TPSA) is 71.5 Å². The maximum atomic E-state index is 12.8. The van der Waals surface area contributed by atoms with Gasteiger partial charge in [-0.1, -0.05) is 18.2 Å². The Balaban J connectivity index is 1.40. The first-order chi connectivity index (χ1) is 14.0. The van der Waals surface area contributed by atoms with Crippen LogP contribution in [0.1, 0.15) is 12.0 Å². The van der Waals surface area contributed by atoms with E-state index < -0.39 is 10.0 Å². The third-order valence-electron chi connectivity index (χ3n) is 4.84. The molecule has 2 aromatic carbocycles. The van der Waals surface area contributed by atoms with Gasteiger partial charge in [0.2, 0.25) is 10.0 Å². The molecule has 7 heteroatoms. The zero-order chi connectivity index (χ0) is 20.3. The summed E-state index contributed by atoms with van der Waals surface area (Å²) in [6.07, 6.45) is 2.48. The molecule has 1 N–H and O–H groups in total. The second kappa shape index (κ2) is 8.23. The summed E-state index contributed by atoms with van der Waals surface area (Å²) >= 11 is 0. The molecule has 2 heterocycles. The van der Waals surface area contributed by atoms with Crippen molar-refractivity contribution >= 4 is 15.8 Å². The number of rotatable bonds is 6. The Kier molecular flexibility index (Phi) is 5.51. The molecular formula is C22H23N3O3S. The fourth-order valence-corrected chi connectivity index (χ4v) is 4.66. The highest BCUT2D eigenvalue weighted by molar-refractivity contribution is 7.89. The van der Waals surface area contributed by atoms with Gasteiger partial charge < -0.3 is 9.64 Å². The average molecular weight is 410 g/mol. The second-order valence-electron chi connectivity index (χ2n) is 7.13. The molecule has 1 saturated heterocycles. The number of hydrogen-bond acceptors (Lipinski definition) is 5. The summed E-state index contributed by atoms with van der Waals surface area (Å²) in [4.78, 5) is 6.65. The zero-order valence-electron chi connectivity index (χ0n) is 16.2. The third-order valence-corrected chi connectivity index (χ3v) is 6.38. The lowest BCUT2D eigenvalue weighted by Crippen LogP contribution is -2.37. The van der Waals surface area contributed by atoms with E-state index in [4.69, 9.17) is 4.74 Å². The van der Waals surface area contributed by atoms with Crippen LogP contribution in [0, 0.1) is 6.92 Å². The fourth-order valence-electron chi connectivity index (χ4n) is 3.39. The van der Waals surface area contributed by atoms with Crippen LogP contribution >= 0.6 is 0 Å². The van der Waals surface area contributed by atoms with Crippen molar-refractivity contribution in [3.8, 4) is 11.5 Å². The molecule has 29 heavy (non-hydrogen) atoms. The lowest BCUT2D eigenvalue weighted by molar-refractivity contribution is 0.481. The standard InChI is InChI=1S/C22H23N3O3S/c1-17-5-4-6-20(15-17)28-19-8-10-21(11-9-19)29(26,27)24-18-12-14-25(16-18)22-7-2-3-13-23-22/h2-11,13,15,18,24H,12,14,16H2,1H3. The van der Waals surface area contributed by atoms with E-state index in [-0.39, 0.29) is 10.9 Å². The summed E-state index contributed by atoms with van der Waals surface area (Å²) in [5, 5.41) is 0. The Bertz CT molecular complexity index is 1070. The Hall–Kier alpha value is -2.90. The van der Waals surface area contributed by atoms with E-state index in [2.05, 4.69) is 14.6 Å². The largest absolute Gasteiger partial charge is 0.457 e. The monoisotopic (exact) mass is 409 g/mol. The van der Waals surface area contributed by atoms with Crippen molar-refractivity contribution in [1.29, 1.82) is 0 Å². The summed E-state index contributed by atoms with van der Waals surface area (Å²) in [7, 11) is -3.60. The molecule has 3 aromatic rings. The number of aromatic nitrogens is 1. The highest BCUT2D eigenvalue weighted by Gasteiger charge is 2.27. The minimum Gasteiger partial charge on any atom is -0.457 e. The van der Waals surface area contributed by atoms with Crippen molar-refractivity contribution in [3.05, 3.63) is 78.5 Å². The lowest BCUT2D eigenvalue weighted by Gasteiger charge is -2.18. The molecule has 1 unspecified atom stereocenters. The molecule has 1 atom stereocenters. The van der Waals surface area contributed by atoms with Gasteiger partial charge >= 0.3 is 0 Å². The lowest BCUT2D eigenvalue weighted by atomic mass is 10.2. The van der Waals surface area contributed by atoms with Crippen LogP contribution < -0.4 is 14.4 Å². The number of nitrogens with zero attached hydrogens (tertiary/aromatic N) is 2. The Morgan fingerprint density at radius 1 is 1.03 bits per heavy atom. The number of aryl methyl sites for hydroxylation is 1. The summed E-state index contributed by atoms with van der Waals surface area (Å²) in [6.45, 7) is 3.37. The molecule has 6 nitrogen and oxygen atoms in total. The smallest absolute Gasteiger partial charge is 0.240 e. The van der Waals surface area contributed by atoms with Gasteiger partial charge in [-0.25, -0.2) is 18.1 Å². The first kappa shape index (κ1) is 19.4. The van der Waals surface area contributed by atoms with Crippen molar-refractivity contribution < 1.29 is 13.2 Å². The SMILES string of the molecule is Cc1cccc(Oc2ccc(S(=O)(=O)NC3CCN(c4ccccn4)C3)cc2)c1. The van der Waals surface area contributed by atoms with Crippen molar-refractivity contribution in [1.82, 2.24) is 9.71 Å². The van der Waals surface area contributed by atoms with E-state index in [0.717, 1.165) is 30.1 Å². The molecule has 1 aliphatic rings. The van der Waals surface area contributed by atoms with Gasteiger partial charge in [-0.3, -0.25) is 0 Å². The molecule has 1 fully saturated rings. The minimum atomic E-state index is -3.60. The van der Waals surface area contributed by atoms with Gasteiger partial charge in [-0.15, -0.1) is 0 Å². The van der Waals surface area contributed by atoms with Gasteiger partial charge in [0, 0.05) is 25.3 Å². The summed E-state index contributed by atoms with van der Waals surface area (Å²) < 4.78 is 34.1. The first-order valence-electron chi connectivity index (χ1n) is 9.52. The van der Waals surface area contributed by atoms with Crippen LogP contribution in [0.15, 0.2) is 77.8 Å². The molecule has 1 aliphatic heterocycles. The van der Waals surface area contributed by atoms with Gasteiger partial charge in [0.1, 0.15) is 17.3 Å². The minimum absolute atomic E-state index is 0.148. The highest BCUT2D eigenvalue weighted by Crippen LogP contribution is 2.24. The molecule has 150 valence electrons. The van der Waals surface area contributed by atoms with Crippen LogP contribution in [-0.2, 0) is 10.0 Å². The third kappa shape index (κ3) is 4.75. The number of nitrogens with one attached hydrogen (secondary N) is 1. The number of sulfonamides is 1. The predicted octanol–water partition coefficient (Wildman–Crippen LogP) is 3.74. The van der Waals surface area contributed by atoms with E-state index in [0.29, 0.717) is 12.3 Å². The molecule has 1 aromatic heterocycles. The zero-order valence-corrected chi connectivity index (χ0v) is 17.0. The van der Waals surface area contributed by atoms with Crippen molar-refractivity contribution in [2.75, 3.05) is 18.0 Å². The molecule has 0 saturated carbocycles. The average Bonchev–Trinajstić information content (AvgIpc) is 3.17. The first-order valence-corrected chi connectivity index (χ1v) is 11.0. The second-order valence-corrected chi connectivity index (χ2v) is 8.84. The van der Waals surface area contributed by atoms with Crippen molar-refractivity contribution in [3.63, 3.8) is 0 Å². The Labute approximate surface area is 171 Å². The van der Waals surface area contributed by atoms with Crippen LogP contribution in [0.3, 0.4) is 0 Å². The van der Waals surface area contributed by atoms with Gasteiger partial charge in [-0.05, 0) is 67.4 Å². The fraction of sp³-hybridized carbons (Fsp3) is 0.227. The van der Waals surface area contributed by atoms with Crippen molar-refractivity contribution in [2.45, 2.75) is 24.3 Å². The van der Waals surface area contributed by atoms with Gasteiger partial charge in [0.05, 0.1) is 4.90 Å². The van der Waals surface area contributed by atoms with Crippen LogP contribution in [0.5, 0.6) is 11.5 Å². The quantitative estimate of drug-likeness (QED) is 0.672. The number of ether oxygens (including phenoxy) is 1. The van der Waals surface area contributed by atoms with Crippen LogP contribution in [0.2, 0.25) is 0 Å². The predicted molar refractivity (Wildman–Crippen MR) is 113 cm³/mol. The molecule has 0 spiro atoms. The maximum Gasteiger partial charge on any atom is 0.240 e. The van der Waals surface area contributed by atoms with E-state index in [9.17, 15) is 8.42 Å². The summed E-state index contributed by atoms with van der Waals surface area (Å²) in [5.74, 6) is 2.18. The van der Waals surface area contributed by atoms with Crippen LogP contribution in [-0.4, -0.2) is 32.5 Å². The maximum absolute atomic E-state index is 12.8. The summed E-state index contributed by atoms with van der Waals surface area (Å²) in [6, 6.07) is 19.8. The van der Waals surface area contributed by atoms with Crippen molar-refractivity contribution in [2.24, 2.45) is 0 Å². The Morgan fingerprint density at radius 3 is 2.59 bits per heavy atom. The number of anilines is 1. The molecule has 0 radical (unpaired) electrons. The van der Waals surface area contributed by atoms with E-state index in [1.807, 2.05) is 49.4 Å². The molecule has 0 bridgehead atoms. The Morgan fingerprint density at radius 2 is 1.86 bits per heavy atom. The van der Waals surface area contributed by atoms with Gasteiger partial charge in [-0.2, -0.15) is 0 Å². The normalized spacial score (nSPS) is 16.7. The number of hydrogen-bond donors (Lipinski definition) is 1.